The van der Waals surface area contributed by atoms with Gasteiger partial charge in [0.2, 0.25) is 0 Å². The number of aryl methyl sites for hydroxylation is 1. The van der Waals surface area contributed by atoms with Crippen molar-refractivity contribution in [2.24, 2.45) is 5.92 Å². The quantitative estimate of drug-likeness (QED) is 0.213. The number of benzene rings is 1. The number of carbonyl (C=O) groups is 1. The predicted octanol–water partition coefficient (Wildman–Crippen LogP) is 4.19. The van der Waals surface area contributed by atoms with E-state index in [0.717, 1.165) is 12.1 Å². The van der Waals surface area contributed by atoms with E-state index in [1.54, 1.807) is 19.9 Å². The van der Waals surface area contributed by atoms with Crippen LogP contribution in [0.4, 0.5) is 13.2 Å². The molecule has 0 heterocycles. The molecule has 1 saturated carbocycles. The molecule has 35 heavy (non-hydrogen) atoms. The molecular weight excluding hydrogens is 465 g/mol. The first-order valence-corrected chi connectivity index (χ1v) is 12.1. The standard InChI is InChI=1S/C26H37F3O6/c1-17(2)35-24(33)11-6-4-3-5-10-21-22(31)15-23(32)25(21)34-16-20(30)13-12-18-8-7-9-19(14-18)26(27,28)29/h3,5,7-9,14,17,20-23,25,30-32H,4,6,10-13,15-16H2,1-2H3/b5-3+. The van der Waals surface area contributed by atoms with E-state index in [2.05, 4.69) is 0 Å². The number of unbranched alkanes of at least 4 members (excludes halogenated alkanes) is 1. The van der Waals surface area contributed by atoms with E-state index in [0.29, 0.717) is 31.2 Å². The van der Waals surface area contributed by atoms with Gasteiger partial charge in [-0.05, 0) is 57.6 Å². The van der Waals surface area contributed by atoms with Crippen molar-refractivity contribution in [3.05, 3.63) is 47.5 Å². The van der Waals surface area contributed by atoms with Gasteiger partial charge >= 0.3 is 12.1 Å². The molecule has 0 amide bonds. The van der Waals surface area contributed by atoms with Gasteiger partial charge < -0.3 is 24.8 Å². The van der Waals surface area contributed by atoms with Crippen LogP contribution in [0, 0.1) is 5.92 Å². The zero-order chi connectivity index (χ0) is 26.0. The minimum atomic E-state index is -4.42. The van der Waals surface area contributed by atoms with Crippen LogP contribution in [0.5, 0.6) is 0 Å². The average Bonchev–Trinajstić information content (AvgIpc) is 3.04. The Kier molecular flexibility index (Phi) is 11.7. The SMILES string of the molecule is CC(C)OC(=O)CCC/C=C/CC1C(O)CC(O)C1OCC(O)CCc1cccc(C(F)(F)F)c1. The van der Waals surface area contributed by atoms with Crippen LogP contribution in [0.3, 0.4) is 0 Å². The molecular formula is C26H37F3O6. The van der Waals surface area contributed by atoms with Crippen LogP contribution in [-0.2, 0) is 26.9 Å². The normalized spacial score (nSPS) is 23.8. The molecule has 0 radical (unpaired) electrons. The fraction of sp³-hybridized carbons (Fsp3) is 0.654. The number of ether oxygens (including phenoxy) is 2. The number of aliphatic hydroxyl groups excluding tert-OH is 3. The minimum absolute atomic E-state index is 0.0917. The van der Waals surface area contributed by atoms with Gasteiger partial charge in [-0.3, -0.25) is 4.79 Å². The van der Waals surface area contributed by atoms with Crippen molar-refractivity contribution in [3.63, 3.8) is 0 Å². The Morgan fingerprint density at radius 3 is 2.63 bits per heavy atom. The number of halogens is 3. The van der Waals surface area contributed by atoms with Crippen LogP contribution in [0.1, 0.15) is 63.5 Å². The van der Waals surface area contributed by atoms with E-state index in [-0.39, 0.29) is 43.9 Å². The average molecular weight is 503 g/mol. The molecule has 3 N–H and O–H groups in total. The van der Waals surface area contributed by atoms with Gasteiger partial charge in [-0.2, -0.15) is 13.2 Å². The van der Waals surface area contributed by atoms with Gasteiger partial charge in [-0.15, -0.1) is 0 Å². The smallest absolute Gasteiger partial charge is 0.416 e. The first kappa shape index (κ1) is 29.3. The molecule has 198 valence electrons. The van der Waals surface area contributed by atoms with Crippen molar-refractivity contribution in [1.29, 1.82) is 0 Å². The van der Waals surface area contributed by atoms with Crippen molar-refractivity contribution >= 4 is 5.97 Å². The number of carbonyl (C=O) groups excluding carboxylic acids is 1. The number of allylic oxidation sites excluding steroid dienone is 2. The van der Waals surface area contributed by atoms with Crippen LogP contribution in [-0.4, -0.2) is 58.4 Å². The number of rotatable bonds is 13. The second kappa shape index (κ2) is 14.0. The van der Waals surface area contributed by atoms with E-state index >= 15 is 0 Å². The van der Waals surface area contributed by atoms with E-state index in [9.17, 15) is 33.3 Å². The summed E-state index contributed by atoms with van der Waals surface area (Å²) in [5.74, 6) is -0.578. The summed E-state index contributed by atoms with van der Waals surface area (Å²) in [6.07, 6.45) is -1.18. The lowest BCUT2D eigenvalue weighted by molar-refractivity contribution is -0.147. The molecule has 0 aromatic heterocycles. The van der Waals surface area contributed by atoms with Crippen LogP contribution in [0.2, 0.25) is 0 Å². The Bertz CT molecular complexity index is 811. The van der Waals surface area contributed by atoms with Crippen molar-refractivity contribution < 1.29 is 42.8 Å². The highest BCUT2D eigenvalue weighted by molar-refractivity contribution is 5.69. The molecule has 5 unspecified atom stereocenters. The summed E-state index contributed by atoms with van der Waals surface area (Å²) in [6.45, 7) is 3.51. The lowest BCUT2D eigenvalue weighted by Gasteiger charge is -2.24. The third-order valence-corrected chi connectivity index (χ3v) is 5.97. The summed E-state index contributed by atoms with van der Waals surface area (Å²) >= 11 is 0. The van der Waals surface area contributed by atoms with Crippen molar-refractivity contribution in [2.75, 3.05) is 6.61 Å². The number of hydrogen-bond acceptors (Lipinski definition) is 6. The van der Waals surface area contributed by atoms with E-state index in [1.807, 2.05) is 12.2 Å². The van der Waals surface area contributed by atoms with Crippen LogP contribution in [0.25, 0.3) is 0 Å². The van der Waals surface area contributed by atoms with Gasteiger partial charge in [-0.25, -0.2) is 0 Å². The number of hydrogen-bond donors (Lipinski definition) is 3. The predicted molar refractivity (Wildman–Crippen MR) is 124 cm³/mol. The van der Waals surface area contributed by atoms with Gasteiger partial charge in [0.25, 0.3) is 0 Å². The van der Waals surface area contributed by atoms with Crippen LogP contribution in [0.15, 0.2) is 36.4 Å². The summed E-state index contributed by atoms with van der Waals surface area (Å²) in [6, 6.07) is 4.99. The van der Waals surface area contributed by atoms with E-state index in [1.165, 1.54) is 6.07 Å². The lowest BCUT2D eigenvalue weighted by Crippen LogP contribution is -2.33. The Morgan fingerprint density at radius 2 is 1.94 bits per heavy atom. The third kappa shape index (κ3) is 10.3. The molecule has 0 bridgehead atoms. The fourth-order valence-electron chi connectivity index (χ4n) is 4.19. The van der Waals surface area contributed by atoms with Gasteiger partial charge in [0.05, 0.1) is 42.7 Å². The number of esters is 1. The summed E-state index contributed by atoms with van der Waals surface area (Å²) in [5, 5.41) is 30.9. The lowest BCUT2D eigenvalue weighted by atomic mass is 9.98. The maximum atomic E-state index is 12.9. The number of aliphatic hydroxyl groups is 3. The molecule has 1 fully saturated rings. The maximum absolute atomic E-state index is 12.9. The van der Waals surface area contributed by atoms with Crippen molar-refractivity contribution in [2.45, 2.75) is 95.5 Å². The summed E-state index contributed by atoms with van der Waals surface area (Å²) in [7, 11) is 0. The fourth-order valence-corrected chi connectivity index (χ4v) is 4.19. The van der Waals surface area contributed by atoms with Crippen LogP contribution < -0.4 is 0 Å². The Hall–Kier alpha value is -1.94. The second-order valence-electron chi connectivity index (χ2n) is 9.36. The zero-order valence-electron chi connectivity index (χ0n) is 20.3. The topological polar surface area (TPSA) is 96.2 Å². The van der Waals surface area contributed by atoms with Gasteiger partial charge in [0, 0.05) is 18.8 Å². The van der Waals surface area contributed by atoms with Crippen LogP contribution >= 0.6 is 0 Å². The first-order valence-electron chi connectivity index (χ1n) is 12.1. The molecule has 0 saturated heterocycles. The highest BCUT2D eigenvalue weighted by atomic mass is 19.4. The molecule has 1 aromatic carbocycles. The van der Waals surface area contributed by atoms with Gasteiger partial charge in [0.15, 0.2) is 0 Å². The van der Waals surface area contributed by atoms with Gasteiger partial charge in [-0.1, -0.05) is 30.4 Å². The highest BCUT2D eigenvalue weighted by Gasteiger charge is 2.42. The molecule has 6 nitrogen and oxygen atoms in total. The highest BCUT2D eigenvalue weighted by Crippen LogP contribution is 2.33. The third-order valence-electron chi connectivity index (χ3n) is 5.97. The molecule has 1 aliphatic rings. The van der Waals surface area contributed by atoms with E-state index in [4.69, 9.17) is 9.47 Å². The Balaban J connectivity index is 1.76. The largest absolute Gasteiger partial charge is 0.463 e. The maximum Gasteiger partial charge on any atom is 0.416 e. The molecule has 0 aliphatic heterocycles. The summed E-state index contributed by atoms with van der Waals surface area (Å²) in [4.78, 5) is 11.5. The van der Waals surface area contributed by atoms with E-state index < -0.39 is 36.2 Å². The zero-order valence-corrected chi connectivity index (χ0v) is 20.3. The monoisotopic (exact) mass is 502 g/mol. The molecule has 5 atom stereocenters. The minimum Gasteiger partial charge on any atom is -0.463 e. The molecule has 2 rings (SSSR count). The molecule has 1 aliphatic carbocycles. The first-order chi connectivity index (χ1) is 16.5. The van der Waals surface area contributed by atoms with Crippen molar-refractivity contribution in [3.8, 4) is 0 Å². The molecule has 0 spiro atoms. The summed E-state index contributed by atoms with van der Waals surface area (Å²) < 4.78 is 49.4. The molecule has 1 aromatic rings. The summed E-state index contributed by atoms with van der Waals surface area (Å²) in [5.41, 5.74) is -0.258. The Morgan fingerprint density at radius 1 is 1.20 bits per heavy atom. The molecule has 9 heteroatoms. The number of alkyl halides is 3. The Labute approximate surface area is 204 Å². The second-order valence-corrected chi connectivity index (χ2v) is 9.36. The van der Waals surface area contributed by atoms with Crippen molar-refractivity contribution in [1.82, 2.24) is 0 Å². The van der Waals surface area contributed by atoms with Gasteiger partial charge in [0.1, 0.15) is 0 Å².